The third-order valence-corrected chi connectivity index (χ3v) is 6.08. The van der Waals surface area contributed by atoms with Gasteiger partial charge >= 0.3 is 0 Å². The minimum absolute atomic E-state index is 0.109. The number of nitrogens with zero attached hydrogens (tertiary/aromatic N) is 1. The van der Waals surface area contributed by atoms with Gasteiger partial charge in [0.15, 0.2) is 0 Å². The third kappa shape index (κ3) is 2.85. The number of hydrogen-bond donors (Lipinski definition) is 0. The summed E-state index contributed by atoms with van der Waals surface area (Å²) in [5.41, 5.74) is 0. The van der Waals surface area contributed by atoms with Crippen LogP contribution >= 0.6 is 35.3 Å². The largest absolute Gasteiger partial charge is 0.290 e. The number of amides is 1. The highest BCUT2D eigenvalue weighted by Crippen LogP contribution is 2.37. The van der Waals surface area contributed by atoms with Crippen molar-refractivity contribution >= 4 is 51.6 Å². The standard InChI is InChI=1S/C15H17NOS3/c1-10-7-8-12(19-10)9-13-14(17)16(15(18)20-13)11-5-3-2-4-6-11/h7-9,11H,2-6H2,1H3/b13-9-. The van der Waals surface area contributed by atoms with Crippen LogP contribution in [-0.4, -0.2) is 21.2 Å². The highest BCUT2D eigenvalue weighted by atomic mass is 32.2. The summed E-state index contributed by atoms with van der Waals surface area (Å²) in [5, 5.41) is 0. The summed E-state index contributed by atoms with van der Waals surface area (Å²) >= 11 is 8.59. The molecular formula is C15H17NOS3. The molecule has 1 saturated carbocycles. The van der Waals surface area contributed by atoms with E-state index in [9.17, 15) is 4.79 Å². The van der Waals surface area contributed by atoms with Crippen LogP contribution in [0.5, 0.6) is 0 Å². The van der Waals surface area contributed by atoms with Crippen LogP contribution in [0.25, 0.3) is 6.08 Å². The first kappa shape index (κ1) is 14.3. The van der Waals surface area contributed by atoms with Gasteiger partial charge < -0.3 is 0 Å². The van der Waals surface area contributed by atoms with Crippen LogP contribution in [0.3, 0.4) is 0 Å². The van der Waals surface area contributed by atoms with Crippen LogP contribution < -0.4 is 0 Å². The fourth-order valence-electron chi connectivity index (χ4n) is 2.79. The molecule has 0 unspecified atom stereocenters. The van der Waals surface area contributed by atoms with Gasteiger partial charge in [-0.15, -0.1) is 11.3 Å². The first-order chi connectivity index (χ1) is 9.65. The SMILES string of the molecule is Cc1ccc(/C=C2\SC(=S)N(C3CCCCC3)C2=O)s1. The van der Waals surface area contributed by atoms with E-state index in [0.29, 0.717) is 6.04 Å². The van der Waals surface area contributed by atoms with Crippen molar-refractivity contribution < 1.29 is 4.79 Å². The second kappa shape index (κ2) is 6.00. The van der Waals surface area contributed by atoms with Crippen molar-refractivity contribution in [2.75, 3.05) is 0 Å². The molecule has 3 rings (SSSR count). The lowest BCUT2D eigenvalue weighted by molar-refractivity contribution is -0.124. The van der Waals surface area contributed by atoms with Gasteiger partial charge in [-0.3, -0.25) is 9.69 Å². The van der Waals surface area contributed by atoms with Crippen LogP contribution in [0.4, 0.5) is 0 Å². The summed E-state index contributed by atoms with van der Waals surface area (Å²) < 4.78 is 0.737. The van der Waals surface area contributed by atoms with Crippen LogP contribution in [0, 0.1) is 6.92 Å². The van der Waals surface area contributed by atoms with Crippen molar-refractivity contribution in [1.29, 1.82) is 0 Å². The molecule has 1 aromatic rings. The molecule has 2 nitrogen and oxygen atoms in total. The Morgan fingerprint density at radius 2 is 2.05 bits per heavy atom. The van der Waals surface area contributed by atoms with Crippen molar-refractivity contribution in [2.45, 2.75) is 45.1 Å². The number of thioether (sulfide) groups is 1. The van der Waals surface area contributed by atoms with Crippen LogP contribution in [-0.2, 0) is 4.79 Å². The molecule has 106 valence electrons. The number of aryl methyl sites for hydroxylation is 1. The fraction of sp³-hybridized carbons (Fsp3) is 0.467. The first-order valence-electron chi connectivity index (χ1n) is 6.98. The smallest absolute Gasteiger partial charge is 0.266 e. The van der Waals surface area contributed by atoms with Gasteiger partial charge in [-0.25, -0.2) is 0 Å². The Balaban J connectivity index is 1.81. The number of thiocarbonyl (C=S) groups is 1. The van der Waals surface area contributed by atoms with Crippen molar-refractivity contribution in [3.05, 3.63) is 26.8 Å². The van der Waals surface area contributed by atoms with E-state index in [1.54, 1.807) is 11.3 Å². The number of rotatable bonds is 2. The zero-order chi connectivity index (χ0) is 14.1. The van der Waals surface area contributed by atoms with Gasteiger partial charge in [0.05, 0.1) is 4.91 Å². The molecule has 0 aromatic carbocycles. The van der Waals surface area contributed by atoms with Crippen molar-refractivity contribution in [2.24, 2.45) is 0 Å². The lowest BCUT2D eigenvalue weighted by Gasteiger charge is -2.29. The molecular weight excluding hydrogens is 306 g/mol. The molecule has 0 bridgehead atoms. The summed E-state index contributed by atoms with van der Waals surface area (Å²) in [5.74, 6) is 0.109. The van der Waals surface area contributed by atoms with E-state index in [1.165, 1.54) is 35.9 Å². The Bertz CT molecular complexity index is 569. The van der Waals surface area contributed by atoms with Gasteiger partial charge in [-0.1, -0.05) is 43.2 Å². The molecule has 0 atom stereocenters. The molecule has 1 amide bonds. The second-order valence-electron chi connectivity index (χ2n) is 5.29. The average Bonchev–Trinajstić information content (AvgIpc) is 2.96. The van der Waals surface area contributed by atoms with Gasteiger partial charge in [0.2, 0.25) is 0 Å². The summed E-state index contributed by atoms with van der Waals surface area (Å²) in [6, 6.07) is 4.47. The van der Waals surface area contributed by atoms with E-state index in [-0.39, 0.29) is 5.91 Å². The molecule has 1 aliphatic heterocycles. The number of thiophene rings is 1. The molecule has 1 aliphatic carbocycles. The monoisotopic (exact) mass is 323 g/mol. The Morgan fingerprint density at radius 1 is 1.30 bits per heavy atom. The predicted octanol–water partition coefficient (Wildman–Crippen LogP) is 4.59. The molecule has 20 heavy (non-hydrogen) atoms. The molecule has 2 heterocycles. The number of carbonyl (C=O) groups excluding carboxylic acids is 1. The molecule has 2 aliphatic rings. The fourth-order valence-corrected chi connectivity index (χ4v) is 5.08. The van der Waals surface area contributed by atoms with Crippen molar-refractivity contribution in [3.63, 3.8) is 0 Å². The van der Waals surface area contributed by atoms with Gasteiger partial charge in [0, 0.05) is 15.8 Å². The Labute approximate surface area is 133 Å². The minimum Gasteiger partial charge on any atom is -0.290 e. The molecule has 0 spiro atoms. The average molecular weight is 324 g/mol. The minimum atomic E-state index is 0.109. The normalized spacial score (nSPS) is 23.1. The lowest BCUT2D eigenvalue weighted by Crippen LogP contribution is -2.39. The van der Waals surface area contributed by atoms with Gasteiger partial charge in [0.25, 0.3) is 5.91 Å². The van der Waals surface area contributed by atoms with E-state index < -0.39 is 0 Å². The van der Waals surface area contributed by atoms with Crippen molar-refractivity contribution in [3.8, 4) is 0 Å². The summed E-state index contributed by atoms with van der Waals surface area (Å²) in [4.78, 5) is 17.6. The maximum absolute atomic E-state index is 12.6. The lowest BCUT2D eigenvalue weighted by atomic mass is 9.94. The van der Waals surface area contributed by atoms with E-state index >= 15 is 0 Å². The van der Waals surface area contributed by atoms with Gasteiger partial charge in [-0.05, 0) is 38.0 Å². The highest BCUT2D eigenvalue weighted by molar-refractivity contribution is 8.26. The maximum atomic E-state index is 12.6. The van der Waals surface area contributed by atoms with Gasteiger partial charge in [-0.2, -0.15) is 0 Å². The van der Waals surface area contributed by atoms with Crippen LogP contribution in [0.15, 0.2) is 17.0 Å². The third-order valence-electron chi connectivity index (χ3n) is 3.80. The van der Waals surface area contributed by atoms with Crippen LogP contribution in [0.1, 0.15) is 41.9 Å². The first-order valence-corrected chi connectivity index (χ1v) is 9.03. The molecule has 1 aromatic heterocycles. The van der Waals surface area contributed by atoms with E-state index in [2.05, 4.69) is 19.1 Å². The van der Waals surface area contributed by atoms with Crippen molar-refractivity contribution in [1.82, 2.24) is 4.90 Å². The quantitative estimate of drug-likeness (QED) is 0.586. The zero-order valence-corrected chi connectivity index (χ0v) is 13.9. The highest BCUT2D eigenvalue weighted by Gasteiger charge is 2.37. The molecule has 5 heteroatoms. The predicted molar refractivity (Wildman–Crippen MR) is 90.9 cm³/mol. The second-order valence-corrected chi connectivity index (χ2v) is 8.29. The van der Waals surface area contributed by atoms with E-state index in [1.807, 2.05) is 11.0 Å². The zero-order valence-electron chi connectivity index (χ0n) is 11.4. The van der Waals surface area contributed by atoms with E-state index in [0.717, 1.165) is 26.9 Å². The Kier molecular flexibility index (Phi) is 4.29. The maximum Gasteiger partial charge on any atom is 0.266 e. The van der Waals surface area contributed by atoms with Gasteiger partial charge in [0.1, 0.15) is 4.32 Å². The Morgan fingerprint density at radius 3 is 2.70 bits per heavy atom. The summed E-state index contributed by atoms with van der Waals surface area (Å²) in [7, 11) is 0. The topological polar surface area (TPSA) is 20.3 Å². The molecule has 0 N–H and O–H groups in total. The number of hydrogen-bond acceptors (Lipinski definition) is 4. The molecule has 0 radical (unpaired) electrons. The van der Waals surface area contributed by atoms with Crippen LogP contribution in [0.2, 0.25) is 0 Å². The Hall–Kier alpha value is -0.650. The summed E-state index contributed by atoms with van der Waals surface area (Å²) in [6.07, 6.45) is 7.89. The number of carbonyl (C=O) groups is 1. The van der Waals surface area contributed by atoms with E-state index in [4.69, 9.17) is 12.2 Å². The molecule has 2 fully saturated rings. The molecule has 1 saturated heterocycles. The summed E-state index contributed by atoms with van der Waals surface area (Å²) in [6.45, 7) is 2.08.